The first-order valence-electron chi connectivity index (χ1n) is 11.9. The summed E-state index contributed by atoms with van der Waals surface area (Å²) in [6.45, 7) is 8.39. The predicted molar refractivity (Wildman–Crippen MR) is 139 cm³/mol. The van der Waals surface area contributed by atoms with E-state index in [1.165, 1.54) is 4.90 Å². The van der Waals surface area contributed by atoms with E-state index < -0.39 is 17.7 Å². The number of ketones is 1. The van der Waals surface area contributed by atoms with Gasteiger partial charge in [0.2, 0.25) is 0 Å². The first-order valence-corrected chi connectivity index (χ1v) is 11.9. The number of Topliss-reactive ketones (excluding diaryl/α,β-unsaturated/α-hetero) is 1. The Morgan fingerprint density at radius 3 is 2.25 bits per heavy atom. The Morgan fingerprint density at radius 2 is 1.67 bits per heavy atom. The van der Waals surface area contributed by atoms with Crippen LogP contribution < -0.4 is 14.2 Å². The quantitative estimate of drug-likeness (QED) is 0.318. The lowest BCUT2D eigenvalue weighted by atomic mass is 9.93. The van der Waals surface area contributed by atoms with Crippen molar-refractivity contribution in [3.05, 3.63) is 58.2 Å². The van der Waals surface area contributed by atoms with Crippen molar-refractivity contribution in [2.45, 2.75) is 39.8 Å². The molecule has 1 aliphatic rings. The van der Waals surface area contributed by atoms with Gasteiger partial charge in [0.15, 0.2) is 11.5 Å². The van der Waals surface area contributed by atoms with Crippen LogP contribution in [0, 0.1) is 13.8 Å². The maximum absolute atomic E-state index is 13.3. The van der Waals surface area contributed by atoms with Crippen LogP contribution in [0.15, 0.2) is 35.9 Å². The highest BCUT2D eigenvalue weighted by atomic mass is 16.5. The molecule has 36 heavy (non-hydrogen) atoms. The molecule has 0 spiro atoms. The summed E-state index contributed by atoms with van der Waals surface area (Å²) in [6, 6.07) is 8.13. The van der Waals surface area contributed by atoms with Crippen LogP contribution in [0.5, 0.6) is 17.2 Å². The minimum absolute atomic E-state index is 0.0472. The molecule has 0 bridgehead atoms. The molecule has 1 fully saturated rings. The van der Waals surface area contributed by atoms with Crippen molar-refractivity contribution in [3.8, 4) is 17.2 Å². The molecule has 3 rings (SSSR count). The minimum atomic E-state index is -0.784. The number of nitrogens with zero attached hydrogens (tertiary/aromatic N) is 2. The van der Waals surface area contributed by atoms with Crippen LogP contribution in [0.4, 0.5) is 0 Å². The van der Waals surface area contributed by atoms with Crippen LogP contribution in [0.25, 0.3) is 5.76 Å². The maximum Gasteiger partial charge on any atom is 0.295 e. The van der Waals surface area contributed by atoms with E-state index in [0.717, 1.165) is 11.1 Å². The van der Waals surface area contributed by atoms with Gasteiger partial charge in [-0.15, -0.1) is 0 Å². The number of methoxy groups -OCH3 is 2. The number of ether oxygens (including phenoxy) is 3. The molecular weight excluding hydrogens is 460 g/mol. The minimum Gasteiger partial charge on any atom is -0.507 e. The summed E-state index contributed by atoms with van der Waals surface area (Å²) in [5.41, 5.74) is 2.71. The fraction of sp³-hybridized carbons (Fsp3) is 0.429. The number of amides is 1. The number of benzene rings is 2. The second-order valence-corrected chi connectivity index (χ2v) is 9.51. The van der Waals surface area contributed by atoms with Gasteiger partial charge in [-0.25, -0.2) is 0 Å². The lowest BCUT2D eigenvalue weighted by Crippen LogP contribution is -2.35. The van der Waals surface area contributed by atoms with Crippen molar-refractivity contribution in [1.82, 2.24) is 9.80 Å². The third-order valence-electron chi connectivity index (χ3n) is 6.19. The second-order valence-electron chi connectivity index (χ2n) is 9.51. The third kappa shape index (κ3) is 5.33. The molecule has 1 heterocycles. The van der Waals surface area contributed by atoms with Crippen molar-refractivity contribution in [1.29, 1.82) is 0 Å². The predicted octanol–water partition coefficient (Wildman–Crippen LogP) is 4.09. The number of likely N-dealkylation sites (N-methyl/N-ethyl adjacent to an activating group) is 1. The molecule has 1 N–H and O–H groups in total. The smallest absolute Gasteiger partial charge is 0.295 e. The molecule has 8 nitrogen and oxygen atoms in total. The zero-order chi connectivity index (χ0) is 26.7. The van der Waals surface area contributed by atoms with E-state index in [1.807, 2.05) is 52.8 Å². The molecular formula is C28H36N2O6. The molecule has 1 saturated heterocycles. The van der Waals surface area contributed by atoms with Gasteiger partial charge in [-0.1, -0.05) is 6.07 Å². The van der Waals surface area contributed by atoms with Gasteiger partial charge in [0.05, 0.1) is 31.9 Å². The highest BCUT2D eigenvalue weighted by molar-refractivity contribution is 6.46. The van der Waals surface area contributed by atoms with Crippen LogP contribution in [0.1, 0.15) is 42.1 Å². The van der Waals surface area contributed by atoms with E-state index in [4.69, 9.17) is 14.2 Å². The normalized spacial score (nSPS) is 17.3. The molecule has 2 aromatic carbocycles. The van der Waals surface area contributed by atoms with Crippen molar-refractivity contribution < 1.29 is 28.9 Å². The average Bonchev–Trinajstić information content (AvgIpc) is 3.08. The van der Waals surface area contributed by atoms with Gasteiger partial charge in [-0.3, -0.25) is 9.59 Å². The van der Waals surface area contributed by atoms with Gasteiger partial charge < -0.3 is 29.1 Å². The number of hydrogen-bond donors (Lipinski definition) is 1. The fourth-order valence-electron chi connectivity index (χ4n) is 4.38. The van der Waals surface area contributed by atoms with Crippen LogP contribution >= 0.6 is 0 Å². The van der Waals surface area contributed by atoms with Gasteiger partial charge in [0.25, 0.3) is 11.7 Å². The van der Waals surface area contributed by atoms with Gasteiger partial charge in [0, 0.05) is 18.7 Å². The van der Waals surface area contributed by atoms with Crippen molar-refractivity contribution >= 4 is 17.4 Å². The van der Waals surface area contributed by atoms with Crippen molar-refractivity contribution in [2.24, 2.45) is 0 Å². The summed E-state index contributed by atoms with van der Waals surface area (Å²) < 4.78 is 16.8. The third-order valence-corrected chi connectivity index (χ3v) is 6.19. The monoisotopic (exact) mass is 496 g/mol. The number of carbonyl (C=O) groups is 2. The summed E-state index contributed by atoms with van der Waals surface area (Å²) in [4.78, 5) is 30.0. The number of rotatable bonds is 9. The Labute approximate surface area is 213 Å². The van der Waals surface area contributed by atoms with Gasteiger partial charge in [0.1, 0.15) is 11.5 Å². The number of aliphatic hydroxyl groups is 1. The summed E-state index contributed by atoms with van der Waals surface area (Å²) >= 11 is 0. The zero-order valence-corrected chi connectivity index (χ0v) is 22.3. The van der Waals surface area contributed by atoms with Gasteiger partial charge in [-0.05, 0) is 82.7 Å². The molecule has 0 radical (unpaired) electrons. The maximum atomic E-state index is 13.3. The highest BCUT2D eigenvalue weighted by Crippen LogP contribution is 2.42. The Bertz CT molecular complexity index is 1180. The summed E-state index contributed by atoms with van der Waals surface area (Å²) in [5, 5.41) is 11.5. The van der Waals surface area contributed by atoms with Crippen LogP contribution in [0.3, 0.4) is 0 Å². The van der Waals surface area contributed by atoms with E-state index in [9.17, 15) is 14.7 Å². The van der Waals surface area contributed by atoms with Crippen molar-refractivity contribution in [2.75, 3.05) is 41.4 Å². The van der Waals surface area contributed by atoms with E-state index >= 15 is 0 Å². The van der Waals surface area contributed by atoms with E-state index in [0.29, 0.717) is 41.5 Å². The van der Waals surface area contributed by atoms with Crippen LogP contribution in [-0.4, -0.2) is 74.1 Å². The first kappa shape index (κ1) is 27.1. The van der Waals surface area contributed by atoms with E-state index in [2.05, 4.69) is 0 Å². The standard InChI is InChI=1S/C28H36N2O6/c1-16(2)36-21-10-9-19(15-23(21)35-8)25-24(27(32)28(33)30(25)12-11-29(5)6)26(31)20-13-18(4)22(34-7)14-17(20)3/h9-10,13-16,25,31H,11-12H2,1-8H3/b26-24+. The summed E-state index contributed by atoms with van der Waals surface area (Å²) in [6.07, 6.45) is -0.0586. The number of hydrogen-bond acceptors (Lipinski definition) is 7. The Hall–Kier alpha value is -3.52. The molecule has 194 valence electrons. The molecule has 0 aromatic heterocycles. The molecule has 1 amide bonds. The average molecular weight is 497 g/mol. The largest absolute Gasteiger partial charge is 0.507 e. The highest BCUT2D eigenvalue weighted by Gasteiger charge is 2.46. The number of aliphatic hydroxyl groups excluding tert-OH is 1. The Kier molecular flexibility index (Phi) is 8.30. The van der Waals surface area contributed by atoms with E-state index in [-0.39, 0.29) is 17.4 Å². The molecule has 8 heteroatoms. The number of aryl methyl sites for hydroxylation is 2. The van der Waals surface area contributed by atoms with Gasteiger partial charge >= 0.3 is 0 Å². The molecule has 0 saturated carbocycles. The topological polar surface area (TPSA) is 88.5 Å². The SMILES string of the molecule is COc1cc(C)c(/C(O)=C2\C(=O)C(=O)N(CCN(C)C)C2c2ccc(OC(C)C)c(OC)c2)cc1C. The zero-order valence-electron chi connectivity index (χ0n) is 22.3. The molecule has 1 aliphatic heterocycles. The van der Waals surface area contributed by atoms with Crippen molar-refractivity contribution in [3.63, 3.8) is 0 Å². The molecule has 0 aliphatic carbocycles. The lowest BCUT2D eigenvalue weighted by molar-refractivity contribution is -0.140. The van der Waals surface area contributed by atoms with Crippen LogP contribution in [0.2, 0.25) is 0 Å². The van der Waals surface area contributed by atoms with Gasteiger partial charge in [-0.2, -0.15) is 0 Å². The first-order chi connectivity index (χ1) is 17.0. The number of likely N-dealkylation sites (tertiary alicyclic amines) is 1. The molecule has 1 unspecified atom stereocenters. The second kappa shape index (κ2) is 11.0. The summed E-state index contributed by atoms with van der Waals surface area (Å²) in [7, 11) is 6.92. The summed E-state index contributed by atoms with van der Waals surface area (Å²) in [5.74, 6) is 0.144. The fourth-order valence-corrected chi connectivity index (χ4v) is 4.38. The lowest BCUT2D eigenvalue weighted by Gasteiger charge is -2.27. The van der Waals surface area contributed by atoms with Crippen LogP contribution in [-0.2, 0) is 9.59 Å². The Morgan fingerprint density at radius 1 is 1.00 bits per heavy atom. The Balaban J connectivity index is 2.22. The van der Waals surface area contributed by atoms with E-state index in [1.54, 1.807) is 38.5 Å². The molecule has 1 atom stereocenters. The molecule has 2 aromatic rings. The number of carbonyl (C=O) groups excluding carboxylic acids is 2.